The summed E-state index contributed by atoms with van der Waals surface area (Å²) >= 11 is 5.69. The third kappa shape index (κ3) is 2.97. The Balaban J connectivity index is 2.18. The van der Waals surface area contributed by atoms with E-state index in [9.17, 15) is 4.39 Å². The molecule has 1 heterocycles. The summed E-state index contributed by atoms with van der Waals surface area (Å²) in [6, 6.07) is 5.13. The normalized spacial score (nSPS) is 22.4. The highest BCUT2D eigenvalue weighted by molar-refractivity contribution is 6.30. The van der Waals surface area contributed by atoms with Crippen molar-refractivity contribution >= 4 is 11.6 Å². The van der Waals surface area contributed by atoms with Crippen molar-refractivity contribution in [3.05, 3.63) is 34.6 Å². The van der Waals surface area contributed by atoms with Gasteiger partial charge in [0.05, 0.1) is 11.6 Å². The third-order valence-electron chi connectivity index (χ3n) is 3.28. The van der Waals surface area contributed by atoms with Gasteiger partial charge in [-0.1, -0.05) is 17.7 Å². The molecule has 1 aliphatic heterocycles. The molecule has 1 aromatic rings. The van der Waals surface area contributed by atoms with Crippen LogP contribution in [0.3, 0.4) is 0 Å². The highest BCUT2D eigenvalue weighted by Crippen LogP contribution is 2.30. The summed E-state index contributed by atoms with van der Waals surface area (Å²) in [5, 5.41) is 3.41. The number of hydrogen-bond donors (Lipinski definition) is 1. The Hall–Kier alpha value is -0.640. The van der Waals surface area contributed by atoms with Crippen LogP contribution in [0.4, 0.5) is 4.39 Å². The van der Waals surface area contributed by atoms with Crippen LogP contribution in [0.15, 0.2) is 18.2 Å². The summed E-state index contributed by atoms with van der Waals surface area (Å²) < 4.78 is 18.9. The molecule has 0 saturated carbocycles. The average molecular weight is 258 g/mol. The summed E-state index contributed by atoms with van der Waals surface area (Å²) in [5.41, 5.74) is 0.935. The van der Waals surface area contributed by atoms with Crippen molar-refractivity contribution in [1.82, 2.24) is 5.32 Å². The molecule has 0 bridgehead atoms. The van der Waals surface area contributed by atoms with Crippen LogP contribution in [0.25, 0.3) is 0 Å². The molecule has 1 fully saturated rings. The number of nitrogens with one attached hydrogen (secondary N) is 1. The van der Waals surface area contributed by atoms with E-state index < -0.39 is 0 Å². The lowest BCUT2D eigenvalue weighted by Gasteiger charge is -2.30. The van der Waals surface area contributed by atoms with E-state index in [0.717, 1.165) is 31.6 Å². The predicted molar refractivity (Wildman–Crippen MR) is 66.8 cm³/mol. The fraction of sp³-hybridized carbons (Fsp3) is 0.538. The first-order chi connectivity index (χ1) is 8.22. The van der Waals surface area contributed by atoms with Crippen molar-refractivity contribution in [1.29, 1.82) is 0 Å². The van der Waals surface area contributed by atoms with Crippen LogP contribution < -0.4 is 5.32 Å². The number of rotatable bonds is 3. The lowest BCUT2D eigenvalue weighted by Crippen LogP contribution is -2.31. The molecule has 0 radical (unpaired) electrons. The zero-order valence-corrected chi connectivity index (χ0v) is 10.6. The van der Waals surface area contributed by atoms with E-state index in [1.807, 2.05) is 13.1 Å². The van der Waals surface area contributed by atoms with Gasteiger partial charge in [-0.25, -0.2) is 4.39 Å². The highest BCUT2D eigenvalue weighted by Gasteiger charge is 2.24. The Morgan fingerprint density at radius 2 is 2.35 bits per heavy atom. The van der Waals surface area contributed by atoms with Crippen LogP contribution in [0.1, 0.15) is 24.4 Å². The fourth-order valence-electron chi connectivity index (χ4n) is 2.41. The van der Waals surface area contributed by atoms with E-state index in [4.69, 9.17) is 16.3 Å². The van der Waals surface area contributed by atoms with E-state index in [2.05, 4.69) is 5.32 Å². The van der Waals surface area contributed by atoms with Crippen LogP contribution in [0.5, 0.6) is 0 Å². The molecule has 2 unspecified atom stereocenters. The minimum Gasteiger partial charge on any atom is -0.381 e. The first kappa shape index (κ1) is 12.8. The van der Waals surface area contributed by atoms with Crippen molar-refractivity contribution in [2.75, 3.05) is 20.3 Å². The molecule has 94 valence electrons. The van der Waals surface area contributed by atoms with Crippen LogP contribution in [0.2, 0.25) is 5.02 Å². The third-order valence-corrected chi connectivity index (χ3v) is 3.59. The highest BCUT2D eigenvalue weighted by atomic mass is 35.5. The second-order valence-corrected chi connectivity index (χ2v) is 4.82. The van der Waals surface area contributed by atoms with Gasteiger partial charge in [-0.3, -0.25) is 0 Å². The molecule has 1 aromatic carbocycles. The number of benzene rings is 1. The summed E-state index contributed by atoms with van der Waals surface area (Å²) in [6.45, 7) is 1.57. The summed E-state index contributed by atoms with van der Waals surface area (Å²) in [4.78, 5) is 0. The Labute approximate surface area is 106 Å². The molecule has 1 aliphatic rings. The minimum absolute atomic E-state index is 0.127. The van der Waals surface area contributed by atoms with Gasteiger partial charge in [-0.05, 0) is 37.6 Å². The molecule has 2 rings (SSSR count). The van der Waals surface area contributed by atoms with Gasteiger partial charge in [0.1, 0.15) is 5.82 Å². The minimum atomic E-state index is -0.360. The maximum atomic E-state index is 13.5. The Morgan fingerprint density at radius 3 is 2.94 bits per heavy atom. The van der Waals surface area contributed by atoms with E-state index in [0.29, 0.717) is 5.92 Å². The summed E-state index contributed by atoms with van der Waals surface area (Å²) in [7, 11) is 1.89. The first-order valence-corrected chi connectivity index (χ1v) is 6.30. The molecule has 0 aliphatic carbocycles. The lowest BCUT2D eigenvalue weighted by molar-refractivity contribution is 0.0401. The second-order valence-electron chi connectivity index (χ2n) is 4.42. The van der Waals surface area contributed by atoms with E-state index in [1.54, 1.807) is 6.07 Å². The van der Waals surface area contributed by atoms with Gasteiger partial charge in [0.2, 0.25) is 0 Å². The van der Waals surface area contributed by atoms with E-state index in [-0.39, 0.29) is 16.9 Å². The quantitative estimate of drug-likeness (QED) is 0.898. The zero-order chi connectivity index (χ0) is 12.3. The molecule has 2 nitrogen and oxygen atoms in total. The van der Waals surface area contributed by atoms with Crippen molar-refractivity contribution in [2.24, 2.45) is 5.92 Å². The van der Waals surface area contributed by atoms with Crippen LogP contribution >= 0.6 is 11.6 Å². The van der Waals surface area contributed by atoms with Crippen molar-refractivity contribution in [3.63, 3.8) is 0 Å². The monoisotopic (exact) mass is 257 g/mol. The van der Waals surface area contributed by atoms with Gasteiger partial charge in [0.25, 0.3) is 0 Å². The Kier molecular flexibility index (Phi) is 4.37. The molecular formula is C13H17ClFNO. The molecule has 0 spiro atoms. The lowest BCUT2D eigenvalue weighted by atomic mass is 9.89. The summed E-state index contributed by atoms with van der Waals surface area (Å²) in [5.74, 6) is 0.0375. The number of halogens is 2. The largest absolute Gasteiger partial charge is 0.381 e. The SMILES string of the molecule is CNC(c1ccc(Cl)c(F)c1)C1CCCOC1. The zero-order valence-electron chi connectivity index (χ0n) is 9.88. The standard InChI is InChI=1S/C13H17ClFNO/c1-16-13(10-3-2-6-17-8-10)9-4-5-11(14)12(15)7-9/h4-5,7,10,13,16H,2-3,6,8H2,1H3. The summed E-state index contributed by atoms with van der Waals surface area (Å²) in [6.07, 6.45) is 2.18. The van der Waals surface area contributed by atoms with Gasteiger partial charge in [-0.2, -0.15) is 0 Å². The van der Waals surface area contributed by atoms with Crippen molar-refractivity contribution in [3.8, 4) is 0 Å². The fourth-order valence-corrected chi connectivity index (χ4v) is 2.53. The molecule has 4 heteroatoms. The van der Waals surface area contributed by atoms with E-state index in [1.165, 1.54) is 6.07 Å². The van der Waals surface area contributed by atoms with Gasteiger partial charge < -0.3 is 10.1 Å². The first-order valence-electron chi connectivity index (χ1n) is 5.92. The molecule has 17 heavy (non-hydrogen) atoms. The van der Waals surface area contributed by atoms with E-state index >= 15 is 0 Å². The second kappa shape index (κ2) is 5.80. The topological polar surface area (TPSA) is 21.3 Å². The van der Waals surface area contributed by atoms with Crippen LogP contribution in [0, 0.1) is 11.7 Å². The molecule has 0 aromatic heterocycles. The van der Waals surface area contributed by atoms with Gasteiger partial charge in [-0.15, -0.1) is 0 Å². The molecule has 1 N–H and O–H groups in total. The molecule has 2 atom stereocenters. The molecule has 1 saturated heterocycles. The van der Waals surface area contributed by atoms with Crippen LogP contribution in [-0.2, 0) is 4.74 Å². The Morgan fingerprint density at radius 1 is 1.53 bits per heavy atom. The molecular weight excluding hydrogens is 241 g/mol. The van der Waals surface area contributed by atoms with Gasteiger partial charge in [0, 0.05) is 18.6 Å². The molecule has 0 amide bonds. The number of hydrogen-bond acceptors (Lipinski definition) is 2. The van der Waals surface area contributed by atoms with Crippen molar-refractivity contribution in [2.45, 2.75) is 18.9 Å². The maximum Gasteiger partial charge on any atom is 0.142 e. The number of ether oxygens (including phenoxy) is 1. The maximum absolute atomic E-state index is 13.5. The average Bonchev–Trinajstić information content (AvgIpc) is 2.36. The smallest absolute Gasteiger partial charge is 0.142 e. The van der Waals surface area contributed by atoms with Gasteiger partial charge in [0.15, 0.2) is 0 Å². The Bertz CT molecular complexity index is 380. The van der Waals surface area contributed by atoms with Gasteiger partial charge >= 0.3 is 0 Å². The van der Waals surface area contributed by atoms with Crippen molar-refractivity contribution < 1.29 is 9.13 Å². The van der Waals surface area contributed by atoms with Crippen LogP contribution in [-0.4, -0.2) is 20.3 Å². The predicted octanol–water partition coefficient (Wildman–Crippen LogP) is 3.17.